The maximum Gasteiger partial charge on any atom is 0.268 e. The summed E-state index contributed by atoms with van der Waals surface area (Å²) in [4.78, 5) is 18.1. The fourth-order valence-corrected chi connectivity index (χ4v) is 3.08. The predicted molar refractivity (Wildman–Crippen MR) is 110 cm³/mol. The molecule has 0 radical (unpaired) electrons. The van der Waals surface area contributed by atoms with E-state index in [1.165, 1.54) is 21.3 Å². The first-order valence-electron chi connectivity index (χ1n) is 9.10. The molecule has 1 amide bonds. The van der Waals surface area contributed by atoms with Crippen LogP contribution in [0.25, 0.3) is 0 Å². The molecule has 0 spiro atoms. The van der Waals surface area contributed by atoms with Gasteiger partial charge in [-0.15, -0.1) is 0 Å². The summed E-state index contributed by atoms with van der Waals surface area (Å²) in [6.45, 7) is 0. The molecule has 1 aliphatic heterocycles. The minimum atomic E-state index is -0.771. The normalized spacial score (nSPS) is 15.0. The molecule has 1 unspecified atom stereocenters. The number of rotatable bonds is 8. The Hall–Kier alpha value is -3.62. The Labute approximate surface area is 174 Å². The van der Waals surface area contributed by atoms with Crippen molar-refractivity contribution < 1.29 is 33.3 Å². The second-order valence-electron chi connectivity index (χ2n) is 6.31. The first-order valence-corrected chi connectivity index (χ1v) is 9.10. The maximum absolute atomic E-state index is 12.7. The number of methoxy groups -OCH3 is 5. The Morgan fingerprint density at radius 1 is 0.900 bits per heavy atom. The summed E-state index contributed by atoms with van der Waals surface area (Å²) in [5.41, 5.74) is 1.91. The summed E-state index contributed by atoms with van der Waals surface area (Å²) in [5, 5.41) is 6.87. The van der Waals surface area contributed by atoms with Gasteiger partial charge in [-0.2, -0.15) is 0 Å². The lowest BCUT2D eigenvalue weighted by molar-refractivity contribution is -0.125. The van der Waals surface area contributed by atoms with Crippen LogP contribution in [0.2, 0.25) is 0 Å². The topological polar surface area (TPSA) is 96.8 Å². The van der Waals surface area contributed by atoms with Crippen molar-refractivity contribution in [2.45, 2.75) is 12.5 Å². The summed E-state index contributed by atoms with van der Waals surface area (Å²) in [6, 6.07) is 8.69. The molecule has 0 bridgehead atoms. The van der Waals surface area contributed by atoms with Gasteiger partial charge in [0.05, 0.1) is 41.3 Å². The predicted octanol–water partition coefficient (Wildman–Crippen LogP) is 2.86. The number of ether oxygens (including phenoxy) is 5. The third-order valence-electron chi connectivity index (χ3n) is 4.61. The van der Waals surface area contributed by atoms with E-state index in [4.69, 9.17) is 28.5 Å². The number of nitrogens with one attached hydrogen (secondary N) is 1. The van der Waals surface area contributed by atoms with Gasteiger partial charge < -0.3 is 33.8 Å². The minimum absolute atomic E-state index is 0.311. The molecule has 160 valence electrons. The number of carbonyl (C=O) groups excluding carboxylic acids is 1. The number of carbonyl (C=O) groups is 1. The third-order valence-corrected chi connectivity index (χ3v) is 4.61. The maximum atomic E-state index is 12.7. The van der Waals surface area contributed by atoms with Crippen molar-refractivity contribution in [1.29, 1.82) is 0 Å². The monoisotopic (exact) mass is 416 g/mol. The van der Waals surface area contributed by atoms with Crippen molar-refractivity contribution in [3.63, 3.8) is 0 Å². The van der Waals surface area contributed by atoms with Crippen molar-refractivity contribution in [3.8, 4) is 28.7 Å². The molecule has 2 aromatic carbocycles. The number of anilines is 1. The Kier molecular flexibility index (Phi) is 6.51. The van der Waals surface area contributed by atoms with Crippen LogP contribution in [0.1, 0.15) is 12.0 Å². The van der Waals surface area contributed by atoms with Crippen LogP contribution in [0, 0.1) is 0 Å². The van der Waals surface area contributed by atoms with Gasteiger partial charge in [-0.05, 0) is 18.2 Å². The van der Waals surface area contributed by atoms with Gasteiger partial charge in [-0.1, -0.05) is 5.16 Å². The molecular weight excluding hydrogens is 392 g/mol. The van der Waals surface area contributed by atoms with E-state index in [9.17, 15) is 4.79 Å². The lowest BCUT2D eigenvalue weighted by Crippen LogP contribution is -2.28. The molecule has 3 rings (SSSR count). The van der Waals surface area contributed by atoms with Gasteiger partial charge in [0, 0.05) is 29.8 Å². The van der Waals surface area contributed by atoms with Crippen molar-refractivity contribution >= 4 is 17.3 Å². The van der Waals surface area contributed by atoms with E-state index in [2.05, 4.69) is 10.5 Å². The van der Waals surface area contributed by atoms with Crippen LogP contribution in [0.3, 0.4) is 0 Å². The molecule has 1 aliphatic rings. The molecular formula is C21H24N2O7. The number of amides is 1. The smallest absolute Gasteiger partial charge is 0.268 e. The molecule has 1 heterocycles. The molecule has 0 fully saturated rings. The van der Waals surface area contributed by atoms with E-state index in [1.54, 1.807) is 38.5 Å². The van der Waals surface area contributed by atoms with Crippen molar-refractivity contribution in [3.05, 3.63) is 35.9 Å². The molecule has 9 nitrogen and oxygen atoms in total. The fraction of sp³-hybridized carbons (Fsp3) is 0.333. The number of hydrogen-bond acceptors (Lipinski definition) is 8. The van der Waals surface area contributed by atoms with E-state index in [0.29, 0.717) is 46.6 Å². The lowest BCUT2D eigenvalue weighted by Gasteiger charge is -2.15. The van der Waals surface area contributed by atoms with Crippen molar-refractivity contribution in [2.24, 2.45) is 5.16 Å². The van der Waals surface area contributed by atoms with E-state index in [-0.39, 0.29) is 5.91 Å². The number of hydrogen-bond donors (Lipinski definition) is 1. The Balaban J connectivity index is 1.72. The highest BCUT2D eigenvalue weighted by Crippen LogP contribution is 2.40. The third kappa shape index (κ3) is 4.19. The van der Waals surface area contributed by atoms with Gasteiger partial charge >= 0.3 is 0 Å². The SMILES string of the molecule is COc1ccc(C2=NOC(C(=O)Nc3cc(OC)c(OC)c(OC)c3)C2)cc1OC. The number of nitrogens with zero attached hydrogens (tertiary/aromatic N) is 1. The second-order valence-corrected chi connectivity index (χ2v) is 6.31. The quantitative estimate of drug-likeness (QED) is 0.707. The van der Waals surface area contributed by atoms with Crippen LogP contribution in [0.15, 0.2) is 35.5 Å². The summed E-state index contributed by atoms with van der Waals surface area (Å²) in [6.07, 6.45) is -0.460. The molecule has 2 aromatic rings. The zero-order valence-corrected chi connectivity index (χ0v) is 17.5. The molecule has 30 heavy (non-hydrogen) atoms. The van der Waals surface area contributed by atoms with Crippen LogP contribution in [0.4, 0.5) is 5.69 Å². The molecule has 0 aliphatic carbocycles. The van der Waals surface area contributed by atoms with Crippen molar-refractivity contribution in [2.75, 3.05) is 40.9 Å². The van der Waals surface area contributed by atoms with Crippen LogP contribution in [-0.4, -0.2) is 53.3 Å². The van der Waals surface area contributed by atoms with Crippen LogP contribution >= 0.6 is 0 Å². The van der Waals surface area contributed by atoms with Gasteiger partial charge in [0.15, 0.2) is 23.0 Å². The highest BCUT2D eigenvalue weighted by molar-refractivity contribution is 6.06. The van der Waals surface area contributed by atoms with Gasteiger partial charge in [0.2, 0.25) is 11.9 Å². The molecule has 0 saturated heterocycles. The molecule has 9 heteroatoms. The Morgan fingerprint density at radius 2 is 1.53 bits per heavy atom. The van der Waals surface area contributed by atoms with E-state index in [1.807, 2.05) is 6.07 Å². The standard InChI is InChI=1S/C21H24N2O7/c1-25-15-7-6-12(8-16(15)26-2)14-11-19(30-23-14)21(24)22-13-9-17(27-3)20(29-5)18(10-13)28-4/h6-10,19H,11H2,1-5H3,(H,22,24). The van der Waals surface area contributed by atoms with Gasteiger partial charge in [0.25, 0.3) is 5.91 Å². The first kappa shape index (κ1) is 21.1. The number of oxime groups is 1. The van der Waals surface area contributed by atoms with Crippen molar-refractivity contribution in [1.82, 2.24) is 0 Å². The molecule has 1 atom stereocenters. The summed E-state index contributed by atoms with van der Waals surface area (Å²) >= 11 is 0. The van der Waals surface area contributed by atoms with E-state index >= 15 is 0 Å². The van der Waals surface area contributed by atoms with Gasteiger partial charge in [0.1, 0.15) is 0 Å². The zero-order chi connectivity index (χ0) is 21.7. The Morgan fingerprint density at radius 3 is 2.10 bits per heavy atom. The highest BCUT2D eigenvalue weighted by Gasteiger charge is 2.30. The Bertz CT molecular complexity index is 933. The summed E-state index contributed by atoms with van der Waals surface area (Å²) in [7, 11) is 7.65. The highest BCUT2D eigenvalue weighted by atomic mass is 16.6. The fourth-order valence-electron chi connectivity index (χ4n) is 3.08. The summed E-state index contributed by atoms with van der Waals surface area (Å²) < 4.78 is 26.5. The summed E-state index contributed by atoms with van der Waals surface area (Å²) in [5.74, 6) is 2.14. The lowest BCUT2D eigenvalue weighted by atomic mass is 10.0. The molecule has 0 aromatic heterocycles. The second kappa shape index (κ2) is 9.25. The van der Waals surface area contributed by atoms with Gasteiger partial charge in [-0.25, -0.2) is 0 Å². The minimum Gasteiger partial charge on any atom is -0.493 e. The average molecular weight is 416 g/mol. The van der Waals surface area contributed by atoms with Crippen LogP contribution < -0.4 is 29.0 Å². The largest absolute Gasteiger partial charge is 0.493 e. The van der Waals surface area contributed by atoms with E-state index in [0.717, 1.165) is 5.56 Å². The molecule has 0 saturated carbocycles. The average Bonchev–Trinajstić information content (AvgIpc) is 3.28. The molecule has 1 N–H and O–H groups in total. The zero-order valence-electron chi connectivity index (χ0n) is 17.5. The van der Waals surface area contributed by atoms with E-state index < -0.39 is 6.10 Å². The first-order chi connectivity index (χ1) is 14.5. The van der Waals surface area contributed by atoms with Crippen LogP contribution in [0.5, 0.6) is 28.7 Å². The van der Waals surface area contributed by atoms with Gasteiger partial charge in [-0.3, -0.25) is 4.79 Å². The number of benzene rings is 2. The van der Waals surface area contributed by atoms with Crippen LogP contribution in [-0.2, 0) is 9.63 Å².